The van der Waals surface area contributed by atoms with Crippen LogP contribution in [0.4, 0.5) is 0 Å². The Balaban J connectivity index is 2.23. The molecule has 0 saturated heterocycles. The van der Waals surface area contributed by atoms with Crippen molar-refractivity contribution in [3.63, 3.8) is 0 Å². The van der Waals surface area contributed by atoms with Gasteiger partial charge in [0, 0.05) is 0 Å². The minimum Gasteiger partial charge on any atom is -0.494 e. The van der Waals surface area contributed by atoms with Crippen molar-refractivity contribution >= 4 is 0 Å². The highest BCUT2D eigenvalue weighted by atomic mass is 16.5. The second kappa shape index (κ2) is 6.86. The minimum atomic E-state index is 0.658. The first-order valence-electron chi connectivity index (χ1n) is 5.20. The molecular formula is C12H16N2O. The summed E-state index contributed by atoms with van der Waals surface area (Å²) in [6.45, 7) is 1.46. The monoisotopic (exact) mass is 204 g/mol. The average molecular weight is 204 g/mol. The van der Waals surface area contributed by atoms with Crippen LogP contribution in [0.1, 0.15) is 24.8 Å². The number of rotatable bonds is 6. The molecule has 0 aliphatic rings. The number of unbranched alkanes of at least 4 members (excludes halogenated alkanes) is 2. The van der Waals surface area contributed by atoms with E-state index >= 15 is 0 Å². The SMILES string of the molecule is N#Cc1ccc(OCCCCCN)cc1. The highest BCUT2D eigenvalue weighted by molar-refractivity contribution is 5.34. The van der Waals surface area contributed by atoms with Gasteiger partial charge in [-0.25, -0.2) is 0 Å². The third kappa shape index (κ3) is 4.48. The lowest BCUT2D eigenvalue weighted by Gasteiger charge is -2.05. The first-order valence-corrected chi connectivity index (χ1v) is 5.20. The highest BCUT2D eigenvalue weighted by Crippen LogP contribution is 2.12. The van der Waals surface area contributed by atoms with Crippen LogP contribution in [0.5, 0.6) is 5.75 Å². The molecule has 3 nitrogen and oxygen atoms in total. The molecule has 0 aromatic heterocycles. The van der Waals surface area contributed by atoms with Crippen LogP contribution < -0.4 is 10.5 Å². The molecule has 0 spiro atoms. The number of nitriles is 1. The summed E-state index contributed by atoms with van der Waals surface area (Å²) in [4.78, 5) is 0. The van der Waals surface area contributed by atoms with Gasteiger partial charge >= 0.3 is 0 Å². The average Bonchev–Trinajstić information content (AvgIpc) is 2.30. The second-order valence-corrected chi connectivity index (χ2v) is 3.33. The van der Waals surface area contributed by atoms with Gasteiger partial charge in [-0.2, -0.15) is 5.26 Å². The molecule has 0 saturated carbocycles. The van der Waals surface area contributed by atoms with Crippen LogP contribution in [0.2, 0.25) is 0 Å². The van der Waals surface area contributed by atoms with Crippen molar-refractivity contribution < 1.29 is 4.74 Å². The molecule has 0 radical (unpaired) electrons. The Labute approximate surface area is 90.5 Å². The third-order valence-electron chi connectivity index (χ3n) is 2.10. The molecule has 0 aliphatic carbocycles. The third-order valence-corrected chi connectivity index (χ3v) is 2.10. The van der Waals surface area contributed by atoms with Crippen molar-refractivity contribution in [3.8, 4) is 11.8 Å². The number of nitrogens with zero attached hydrogens (tertiary/aromatic N) is 1. The van der Waals surface area contributed by atoms with Crippen molar-refractivity contribution in [2.75, 3.05) is 13.2 Å². The Kier molecular flexibility index (Phi) is 5.28. The van der Waals surface area contributed by atoms with Gasteiger partial charge in [-0.3, -0.25) is 0 Å². The van der Waals surface area contributed by atoms with Crippen LogP contribution >= 0.6 is 0 Å². The maximum absolute atomic E-state index is 8.60. The van der Waals surface area contributed by atoms with Crippen LogP contribution in [-0.2, 0) is 0 Å². The fourth-order valence-electron chi connectivity index (χ4n) is 1.24. The van der Waals surface area contributed by atoms with Crippen molar-refractivity contribution in [2.45, 2.75) is 19.3 Å². The topological polar surface area (TPSA) is 59.0 Å². The molecule has 0 amide bonds. The van der Waals surface area contributed by atoms with Gasteiger partial charge in [-0.1, -0.05) is 0 Å². The van der Waals surface area contributed by atoms with Crippen LogP contribution in [0.3, 0.4) is 0 Å². The van der Waals surface area contributed by atoms with Gasteiger partial charge < -0.3 is 10.5 Å². The Morgan fingerprint density at radius 1 is 1.13 bits per heavy atom. The smallest absolute Gasteiger partial charge is 0.119 e. The van der Waals surface area contributed by atoms with Gasteiger partial charge in [0.05, 0.1) is 18.2 Å². The number of benzene rings is 1. The first kappa shape index (κ1) is 11.5. The van der Waals surface area contributed by atoms with Crippen molar-refractivity contribution in [1.82, 2.24) is 0 Å². The van der Waals surface area contributed by atoms with Gasteiger partial charge in [-0.15, -0.1) is 0 Å². The van der Waals surface area contributed by atoms with Gasteiger partial charge in [0.15, 0.2) is 0 Å². The molecule has 0 unspecified atom stereocenters. The van der Waals surface area contributed by atoms with E-state index in [4.69, 9.17) is 15.7 Å². The molecule has 80 valence electrons. The largest absolute Gasteiger partial charge is 0.494 e. The summed E-state index contributed by atoms with van der Waals surface area (Å²) in [6.07, 6.45) is 3.18. The van der Waals surface area contributed by atoms with E-state index in [2.05, 4.69) is 6.07 Å². The van der Waals surface area contributed by atoms with E-state index in [-0.39, 0.29) is 0 Å². The lowest BCUT2D eigenvalue weighted by molar-refractivity contribution is 0.305. The standard InChI is InChI=1S/C12H16N2O/c13-8-2-1-3-9-15-12-6-4-11(10-14)5-7-12/h4-7H,1-3,8-9,13H2. The van der Waals surface area contributed by atoms with E-state index in [0.29, 0.717) is 12.2 Å². The molecule has 1 rings (SSSR count). The Bertz CT molecular complexity index is 313. The highest BCUT2D eigenvalue weighted by Gasteiger charge is 1.94. The van der Waals surface area contributed by atoms with Crippen LogP contribution in [0.15, 0.2) is 24.3 Å². The van der Waals surface area contributed by atoms with E-state index in [1.165, 1.54) is 0 Å². The molecule has 2 N–H and O–H groups in total. The molecule has 3 heteroatoms. The fraction of sp³-hybridized carbons (Fsp3) is 0.417. The van der Waals surface area contributed by atoms with Gasteiger partial charge in [0.2, 0.25) is 0 Å². The normalized spacial score (nSPS) is 9.60. The number of hydrogen-bond donors (Lipinski definition) is 1. The maximum Gasteiger partial charge on any atom is 0.119 e. The summed E-state index contributed by atoms with van der Waals surface area (Å²) >= 11 is 0. The minimum absolute atomic E-state index is 0.658. The van der Waals surface area contributed by atoms with Gasteiger partial charge in [-0.05, 0) is 50.1 Å². The summed E-state index contributed by atoms with van der Waals surface area (Å²) in [5.41, 5.74) is 6.04. The molecular weight excluding hydrogens is 188 g/mol. The molecule has 0 bridgehead atoms. The predicted molar refractivity (Wildman–Crippen MR) is 59.6 cm³/mol. The summed E-state index contributed by atoms with van der Waals surface area (Å²) in [5.74, 6) is 0.821. The first-order chi connectivity index (χ1) is 7.36. The molecule has 0 atom stereocenters. The number of hydrogen-bond acceptors (Lipinski definition) is 3. The Hall–Kier alpha value is -1.53. The molecule has 1 aromatic carbocycles. The van der Waals surface area contributed by atoms with E-state index in [9.17, 15) is 0 Å². The zero-order valence-corrected chi connectivity index (χ0v) is 8.78. The van der Waals surface area contributed by atoms with Crippen molar-refractivity contribution in [3.05, 3.63) is 29.8 Å². The van der Waals surface area contributed by atoms with E-state index < -0.39 is 0 Å². The Morgan fingerprint density at radius 2 is 1.87 bits per heavy atom. The van der Waals surface area contributed by atoms with E-state index in [1.807, 2.05) is 12.1 Å². The number of ether oxygens (including phenoxy) is 1. The van der Waals surface area contributed by atoms with Crippen LogP contribution in [0, 0.1) is 11.3 Å². The Morgan fingerprint density at radius 3 is 2.47 bits per heavy atom. The summed E-state index contributed by atoms with van der Waals surface area (Å²) in [5, 5.41) is 8.60. The molecule has 0 fully saturated rings. The zero-order chi connectivity index (χ0) is 10.9. The number of nitrogens with two attached hydrogens (primary N) is 1. The lowest BCUT2D eigenvalue weighted by atomic mass is 10.2. The van der Waals surface area contributed by atoms with Gasteiger partial charge in [0.1, 0.15) is 5.75 Å². The van der Waals surface area contributed by atoms with Crippen LogP contribution in [-0.4, -0.2) is 13.2 Å². The van der Waals surface area contributed by atoms with Gasteiger partial charge in [0.25, 0.3) is 0 Å². The summed E-state index contributed by atoms with van der Waals surface area (Å²) in [6, 6.07) is 9.23. The fourth-order valence-corrected chi connectivity index (χ4v) is 1.24. The zero-order valence-electron chi connectivity index (χ0n) is 8.78. The van der Waals surface area contributed by atoms with Crippen molar-refractivity contribution in [1.29, 1.82) is 5.26 Å². The predicted octanol–water partition coefficient (Wildman–Crippen LogP) is 2.07. The van der Waals surface area contributed by atoms with E-state index in [0.717, 1.165) is 31.6 Å². The molecule has 0 aliphatic heterocycles. The maximum atomic E-state index is 8.60. The molecule has 15 heavy (non-hydrogen) atoms. The molecule has 1 aromatic rings. The summed E-state index contributed by atoms with van der Waals surface area (Å²) in [7, 11) is 0. The second-order valence-electron chi connectivity index (χ2n) is 3.33. The lowest BCUT2D eigenvalue weighted by Crippen LogP contribution is -2.01. The van der Waals surface area contributed by atoms with E-state index in [1.54, 1.807) is 12.1 Å². The summed E-state index contributed by atoms with van der Waals surface area (Å²) < 4.78 is 5.50. The van der Waals surface area contributed by atoms with Crippen LogP contribution in [0.25, 0.3) is 0 Å². The molecule has 0 heterocycles. The quantitative estimate of drug-likeness (QED) is 0.721. The van der Waals surface area contributed by atoms with Crippen molar-refractivity contribution in [2.24, 2.45) is 5.73 Å².